The predicted molar refractivity (Wildman–Crippen MR) is 124 cm³/mol. The number of hydrogen-bond acceptors (Lipinski definition) is 5. The van der Waals surface area contributed by atoms with Gasteiger partial charge in [-0.1, -0.05) is 19.1 Å². The van der Waals surface area contributed by atoms with Gasteiger partial charge in [-0.25, -0.2) is 22.5 Å². The fraction of sp³-hybridized carbons (Fsp3) is 0.458. The average Bonchev–Trinajstić information content (AvgIpc) is 3.32. The van der Waals surface area contributed by atoms with Crippen molar-refractivity contribution < 1.29 is 17.6 Å². The third-order valence-corrected chi connectivity index (χ3v) is 8.59. The normalized spacial score (nSPS) is 21.1. The summed E-state index contributed by atoms with van der Waals surface area (Å²) >= 11 is 0. The molecule has 2 saturated heterocycles. The number of rotatable bonds is 3. The Hall–Kier alpha value is -2.81. The number of carbonyl (C=O) groups excluding carboxylic acids is 1. The summed E-state index contributed by atoms with van der Waals surface area (Å²) < 4.78 is 40.6. The van der Waals surface area contributed by atoms with E-state index < -0.39 is 15.7 Å². The van der Waals surface area contributed by atoms with Gasteiger partial charge in [0, 0.05) is 18.7 Å². The Bertz CT molecular complexity index is 1340. The van der Waals surface area contributed by atoms with Crippen molar-refractivity contribution in [2.75, 3.05) is 24.6 Å². The van der Waals surface area contributed by atoms with E-state index in [0.717, 1.165) is 12.8 Å². The number of halogens is 1. The van der Waals surface area contributed by atoms with E-state index in [0.29, 0.717) is 59.0 Å². The molecule has 33 heavy (non-hydrogen) atoms. The van der Waals surface area contributed by atoms with E-state index in [4.69, 9.17) is 4.98 Å². The second-order valence-electron chi connectivity index (χ2n) is 9.30. The van der Waals surface area contributed by atoms with E-state index in [-0.39, 0.29) is 23.5 Å². The maximum absolute atomic E-state index is 14.7. The molecule has 0 saturated carbocycles. The van der Waals surface area contributed by atoms with Gasteiger partial charge < -0.3 is 4.90 Å². The molecule has 9 heteroatoms. The molecule has 0 bridgehead atoms. The number of pyridine rings is 1. The number of aromatic nitrogens is 3. The second-order valence-corrected chi connectivity index (χ2v) is 11.5. The van der Waals surface area contributed by atoms with Crippen molar-refractivity contribution in [2.45, 2.75) is 39.2 Å². The monoisotopic (exact) mass is 470 g/mol. The van der Waals surface area contributed by atoms with Gasteiger partial charge in [0.2, 0.25) is 0 Å². The predicted octanol–water partition coefficient (Wildman–Crippen LogP) is 3.78. The lowest BCUT2D eigenvalue weighted by molar-refractivity contribution is 0.0699. The quantitative estimate of drug-likeness (QED) is 0.582. The Morgan fingerprint density at radius 2 is 1.88 bits per heavy atom. The van der Waals surface area contributed by atoms with Crippen molar-refractivity contribution in [1.29, 1.82) is 0 Å². The van der Waals surface area contributed by atoms with E-state index in [1.54, 1.807) is 28.9 Å². The molecule has 0 spiro atoms. The number of aryl methyl sites for hydroxylation is 1. The molecule has 2 aliphatic rings. The molecule has 1 atom stereocenters. The summed E-state index contributed by atoms with van der Waals surface area (Å²) in [5.74, 6) is 0.119. The summed E-state index contributed by atoms with van der Waals surface area (Å²) in [4.78, 5) is 20.2. The molecule has 2 aromatic heterocycles. The van der Waals surface area contributed by atoms with Crippen LogP contribution in [0.2, 0.25) is 0 Å². The first-order valence-corrected chi connectivity index (χ1v) is 13.2. The lowest BCUT2D eigenvalue weighted by Crippen LogP contribution is -2.38. The first kappa shape index (κ1) is 22.0. The van der Waals surface area contributed by atoms with Gasteiger partial charge in [0.1, 0.15) is 5.82 Å². The number of piperidine rings is 1. The number of nitrogens with zero attached hydrogens (tertiary/aromatic N) is 4. The van der Waals surface area contributed by atoms with Crippen LogP contribution in [0.5, 0.6) is 0 Å². The zero-order valence-electron chi connectivity index (χ0n) is 18.8. The minimum Gasteiger partial charge on any atom is -0.339 e. The van der Waals surface area contributed by atoms with Crippen LogP contribution in [0.3, 0.4) is 0 Å². The topological polar surface area (TPSA) is 85.2 Å². The van der Waals surface area contributed by atoms with Crippen LogP contribution in [0.1, 0.15) is 48.3 Å². The van der Waals surface area contributed by atoms with Crippen molar-refractivity contribution >= 4 is 26.8 Å². The molecule has 4 heterocycles. The van der Waals surface area contributed by atoms with E-state index in [9.17, 15) is 17.6 Å². The molecule has 1 amide bonds. The van der Waals surface area contributed by atoms with Crippen molar-refractivity contribution in [2.24, 2.45) is 5.92 Å². The van der Waals surface area contributed by atoms with Crippen LogP contribution in [0.25, 0.3) is 22.3 Å². The largest absolute Gasteiger partial charge is 0.339 e. The number of sulfone groups is 1. The van der Waals surface area contributed by atoms with E-state index in [1.165, 1.54) is 6.07 Å². The molecular formula is C24H27FN4O3S. The van der Waals surface area contributed by atoms with Crippen LogP contribution in [0.4, 0.5) is 4.39 Å². The Morgan fingerprint density at radius 1 is 1.15 bits per heavy atom. The molecule has 7 nitrogen and oxygen atoms in total. The molecule has 0 N–H and O–H groups in total. The van der Waals surface area contributed by atoms with Gasteiger partial charge in [-0.2, -0.15) is 5.10 Å². The summed E-state index contributed by atoms with van der Waals surface area (Å²) in [7, 11) is -3.14. The summed E-state index contributed by atoms with van der Waals surface area (Å²) in [6, 6.07) is 7.63. The molecular weight excluding hydrogens is 443 g/mol. The van der Waals surface area contributed by atoms with Gasteiger partial charge in [-0.15, -0.1) is 0 Å². The molecule has 5 rings (SSSR count). The summed E-state index contributed by atoms with van der Waals surface area (Å²) in [5.41, 5.74) is 2.14. The maximum atomic E-state index is 14.7. The molecule has 2 fully saturated rings. The lowest BCUT2D eigenvalue weighted by Gasteiger charge is -2.30. The Kier molecular flexibility index (Phi) is 5.47. The SMILES string of the molecule is Cc1nn(C2CCS(=O)(=O)C2)c2nc(-c3ccccc3F)cc(C(=O)N3CCC(C)CC3)c12. The van der Waals surface area contributed by atoms with Crippen LogP contribution in [-0.4, -0.2) is 58.6 Å². The van der Waals surface area contributed by atoms with Crippen molar-refractivity contribution in [3.05, 3.63) is 47.4 Å². The van der Waals surface area contributed by atoms with Crippen LogP contribution in [-0.2, 0) is 9.84 Å². The number of benzene rings is 1. The van der Waals surface area contributed by atoms with E-state index >= 15 is 0 Å². The summed E-state index contributed by atoms with van der Waals surface area (Å²) in [5, 5.41) is 5.23. The molecule has 174 valence electrons. The lowest BCUT2D eigenvalue weighted by atomic mass is 9.97. The third-order valence-electron chi connectivity index (χ3n) is 6.84. The summed E-state index contributed by atoms with van der Waals surface area (Å²) in [6.45, 7) is 5.34. The highest BCUT2D eigenvalue weighted by atomic mass is 32.2. The first-order valence-electron chi connectivity index (χ1n) is 11.4. The fourth-order valence-corrected chi connectivity index (χ4v) is 6.59. The van der Waals surface area contributed by atoms with Crippen molar-refractivity contribution in [1.82, 2.24) is 19.7 Å². The number of fused-ring (bicyclic) bond motifs is 1. The Morgan fingerprint density at radius 3 is 2.55 bits per heavy atom. The van der Waals surface area contributed by atoms with Crippen molar-refractivity contribution in [3.63, 3.8) is 0 Å². The smallest absolute Gasteiger partial charge is 0.254 e. The Labute approximate surface area is 192 Å². The fourth-order valence-electron chi connectivity index (χ4n) is 4.89. The van der Waals surface area contributed by atoms with Gasteiger partial charge in [0.15, 0.2) is 15.5 Å². The highest BCUT2D eigenvalue weighted by Gasteiger charge is 2.33. The van der Waals surface area contributed by atoms with Crippen LogP contribution in [0, 0.1) is 18.7 Å². The van der Waals surface area contributed by atoms with Crippen LogP contribution >= 0.6 is 0 Å². The van der Waals surface area contributed by atoms with Gasteiger partial charge in [-0.05, 0) is 50.3 Å². The van der Waals surface area contributed by atoms with Gasteiger partial charge in [0.05, 0.1) is 39.9 Å². The standard InChI is InChI=1S/C24H27FN4O3S/c1-15-7-10-28(11-8-15)24(30)19-13-21(18-5-3-4-6-20(18)25)26-23-22(19)16(2)27-29(23)17-9-12-33(31,32)14-17/h3-6,13,15,17H,7-12,14H2,1-2H3. The first-order chi connectivity index (χ1) is 15.7. The maximum Gasteiger partial charge on any atom is 0.254 e. The molecule has 0 radical (unpaired) electrons. The minimum absolute atomic E-state index is 0.0118. The van der Waals surface area contributed by atoms with Gasteiger partial charge in [-0.3, -0.25) is 4.79 Å². The van der Waals surface area contributed by atoms with Crippen LogP contribution < -0.4 is 0 Å². The highest BCUT2D eigenvalue weighted by Crippen LogP contribution is 2.33. The zero-order valence-corrected chi connectivity index (χ0v) is 19.6. The third kappa shape index (κ3) is 4.03. The number of amides is 1. The molecule has 3 aromatic rings. The number of likely N-dealkylation sites (tertiary alicyclic amines) is 1. The van der Waals surface area contributed by atoms with Crippen molar-refractivity contribution in [3.8, 4) is 11.3 Å². The average molecular weight is 471 g/mol. The number of hydrogen-bond donors (Lipinski definition) is 0. The minimum atomic E-state index is -3.14. The molecule has 1 aromatic carbocycles. The van der Waals surface area contributed by atoms with Gasteiger partial charge in [0.25, 0.3) is 5.91 Å². The zero-order chi connectivity index (χ0) is 23.3. The Balaban J connectivity index is 1.69. The highest BCUT2D eigenvalue weighted by molar-refractivity contribution is 7.91. The molecule has 2 aliphatic heterocycles. The molecule has 0 aliphatic carbocycles. The van der Waals surface area contributed by atoms with E-state index in [2.05, 4.69) is 12.0 Å². The number of carbonyl (C=O) groups is 1. The molecule has 1 unspecified atom stereocenters. The van der Waals surface area contributed by atoms with Crippen LogP contribution in [0.15, 0.2) is 30.3 Å². The van der Waals surface area contributed by atoms with Gasteiger partial charge >= 0.3 is 0 Å². The van der Waals surface area contributed by atoms with E-state index in [1.807, 2.05) is 11.8 Å². The summed E-state index contributed by atoms with van der Waals surface area (Å²) in [6.07, 6.45) is 2.33. The second kappa shape index (κ2) is 8.20.